The quantitative estimate of drug-likeness (QED) is 0.731. The highest BCUT2D eigenvalue weighted by Gasteiger charge is 2.63. The summed E-state index contributed by atoms with van der Waals surface area (Å²) in [5.41, 5.74) is 3.81. The summed E-state index contributed by atoms with van der Waals surface area (Å²) in [6.07, 6.45) is -12.9. The van der Waals surface area contributed by atoms with Gasteiger partial charge in [-0.3, -0.25) is 0 Å². The molecule has 0 spiro atoms. The number of alkyl halides is 6. The van der Waals surface area contributed by atoms with Crippen molar-refractivity contribution < 1.29 is 36.2 Å². The van der Waals surface area contributed by atoms with Gasteiger partial charge in [0.1, 0.15) is 0 Å². The molecule has 1 amide bonds. The van der Waals surface area contributed by atoms with Crippen molar-refractivity contribution >= 4 is 6.09 Å². The molecule has 1 heterocycles. The van der Waals surface area contributed by atoms with Crippen molar-refractivity contribution in [3.05, 3.63) is 0 Å². The van der Waals surface area contributed by atoms with Crippen LogP contribution in [0.5, 0.6) is 0 Å². The fraction of sp³-hybridized carbons (Fsp3) is 0.900. The largest absolute Gasteiger partial charge is 0.465 e. The molecule has 0 aromatic rings. The van der Waals surface area contributed by atoms with Crippen molar-refractivity contribution in [3.63, 3.8) is 0 Å². The molecule has 2 atom stereocenters. The van der Waals surface area contributed by atoms with E-state index in [1.807, 2.05) is 0 Å². The third-order valence-corrected chi connectivity index (χ3v) is 3.56. The second-order valence-corrected chi connectivity index (χ2v) is 5.15. The molecule has 0 aliphatic carbocycles. The van der Waals surface area contributed by atoms with Crippen molar-refractivity contribution in [2.45, 2.75) is 31.2 Å². The first-order valence-electron chi connectivity index (χ1n) is 5.67. The first kappa shape index (κ1) is 16.9. The van der Waals surface area contributed by atoms with Crippen molar-refractivity contribution in [2.24, 2.45) is 17.6 Å². The highest BCUT2D eigenvalue weighted by atomic mass is 19.4. The Labute approximate surface area is 110 Å². The fourth-order valence-corrected chi connectivity index (χ4v) is 2.40. The predicted octanol–water partition coefficient (Wildman–Crippen LogP) is 2.44. The SMILES string of the molecule is CC1(N)CCN(C(=O)O)CC1C(C(F)(F)F)C(F)(F)F. The van der Waals surface area contributed by atoms with Gasteiger partial charge >= 0.3 is 18.4 Å². The Morgan fingerprint density at radius 1 is 1.30 bits per heavy atom. The molecule has 2 unspecified atom stereocenters. The number of carbonyl (C=O) groups is 1. The third-order valence-electron chi connectivity index (χ3n) is 3.56. The van der Waals surface area contributed by atoms with E-state index in [9.17, 15) is 31.1 Å². The average Bonchev–Trinajstić information content (AvgIpc) is 2.16. The van der Waals surface area contributed by atoms with Crippen LogP contribution in [0.3, 0.4) is 0 Å². The first-order chi connectivity index (χ1) is 8.77. The molecule has 1 aliphatic rings. The summed E-state index contributed by atoms with van der Waals surface area (Å²) in [5, 5.41) is 8.74. The van der Waals surface area contributed by atoms with E-state index < -0.39 is 42.4 Å². The number of nitrogens with two attached hydrogens (primary N) is 1. The van der Waals surface area contributed by atoms with E-state index in [1.165, 1.54) is 0 Å². The minimum atomic E-state index is -5.54. The van der Waals surface area contributed by atoms with Crippen LogP contribution in [-0.2, 0) is 0 Å². The van der Waals surface area contributed by atoms with Crippen LogP contribution >= 0.6 is 0 Å². The van der Waals surface area contributed by atoms with Crippen molar-refractivity contribution in [1.82, 2.24) is 4.90 Å². The van der Waals surface area contributed by atoms with Gasteiger partial charge in [-0.15, -0.1) is 0 Å². The summed E-state index contributed by atoms with van der Waals surface area (Å²) in [6, 6.07) is 0. The molecule has 118 valence electrons. The van der Waals surface area contributed by atoms with Gasteiger partial charge in [0, 0.05) is 24.5 Å². The predicted molar refractivity (Wildman–Crippen MR) is 55.9 cm³/mol. The number of nitrogens with zero attached hydrogens (tertiary/aromatic N) is 1. The van der Waals surface area contributed by atoms with Gasteiger partial charge in [0.2, 0.25) is 0 Å². The lowest BCUT2D eigenvalue weighted by molar-refractivity contribution is -0.306. The molecule has 4 nitrogen and oxygen atoms in total. The second-order valence-electron chi connectivity index (χ2n) is 5.15. The van der Waals surface area contributed by atoms with Gasteiger partial charge in [-0.1, -0.05) is 0 Å². The highest BCUT2D eigenvalue weighted by Crippen LogP contribution is 2.48. The van der Waals surface area contributed by atoms with Gasteiger partial charge in [-0.25, -0.2) is 4.79 Å². The topological polar surface area (TPSA) is 66.6 Å². The number of halogens is 6. The van der Waals surface area contributed by atoms with Crippen LogP contribution in [0.25, 0.3) is 0 Å². The molecule has 0 radical (unpaired) electrons. The van der Waals surface area contributed by atoms with Crippen molar-refractivity contribution in [2.75, 3.05) is 13.1 Å². The third kappa shape index (κ3) is 3.47. The van der Waals surface area contributed by atoms with Crippen LogP contribution in [0.4, 0.5) is 31.1 Å². The number of amides is 1. The van der Waals surface area contributed by atoms with Gasteiger partial charge in [-0.05, 0) is 13.3 Å². The molecular formula is C10H14F6N2O2. The van der Waals surface area contributed by atoms with Crippen LogP contribution < -0.4 is 5.73 Å². The number of hydrogen-bond donors (Lipinski definition) is 2. The molecule has 0 aromatic carbocycles. The van der Waals surface area contributed by atoms with E-state index in [-0.39, 0.29) is 13.0 Å². The Morgan fingerprint density at radius 2 is 1.75 bits per heavy atom. The van der Waals surface area contributed by atoms with Gasteiger partial charge in [-0.2, -0.15) is 26.3 Å². The Hall–Kier alpha value is -1.19. The van der Waals surface area contributed by atoms with Crippen LogP contribution in [0, 0.1) is 11.8 Å². The molecule has 1 rings (SSSR count). The lowest BCUT2D eigenvalue weighted by Gasteiger charge is -2.46. The molecule has 1 saturated heterocycles. The normalized spacial score (nSPS) is 28.9. The van der Waals surface area contributed by atoms with Crippen LogP contribution in [0.1, 0.15) is 13.3 Å². The summed E-state index contributed by atoms with van der Waals surface area (Å²) in [5.74, 6) is -5.72. The minimum Gasteiger partial charge on any atom is -0.465 e. The molecule has 3 N–H and O–H groups in total. The molecular weight excluding hydrogens is 294 g/mol. The van der Waals surface area contributed by atoms with Crippen LogP contribution in [-0.4, -0.2) is 47.1 Å². The zero-order valence-corrected chi connectivity index (χ0v) is 10.4. The molecule has 10 heteroatoms. The van der Waals surface area contributed by atoms with E-state index >= 15 is 0 Å². The Morgan fingerprint density at radius 3 is 2.10 bits per heavy atom. The van der Waals surface area contributed by atoms with Gasteiger partial charge in [0.15, 0.2) is 5.92 Å². The Balaban J connectivity index is 3.17. The minimum absolute atomic E-state index is 0.193. The summed E-state index contributed by atoms with van der Waals surface area (Å²) in [6.45, 7) is -0.00533. The summed E-state index contributed by atoms with van der Waals surface area (Å²) in [4.78, 5) is 11.3. The van der Waals surface area contributed by atoms with Crippen LogP contribution in [0.2, 0.25) is 0 Å². The monoisotopic (exact) mass is 308 g/mol. The average molecular weight is 308 g/mol. The molecule has 0 saturated carbocycles. The Kier molecular flexibility index (Phi) is 4.19. The van der Waals surface area contributed by atoms with Gasteiger partial charge < -0.3 is 15.7 Å². The number of rotatable bonds is 1. The Bertz CT molecular complexity index is 365. The van der Waals surface area contributed by atoms with Crippen LogP contribution in [0.15, 0.2) is 0 Å². The first-order valence-corrected chi connectivity index (χ1v) is 5.67. The van der Waals surface area contributed by atoms with E-state index in [0.29, 0.717) is 4.90 Å². The number of carboxylic acid groups (broad SMARTS) is 1. The summed E-state index contributed by atoms with van der Waals surface area (Å²) < 4.78 is 76.4. The maximum absolute atomic E-state index is 12.7. The lowest BCUT2D eigenvalue weighted by atomic mass is 9.72. The summed E-state index contributed by atoms with van der Waals surface area (Å²) >= 11 is 0. The van der Waals surface area contributed by atoms with E-state index in [2.05, 4.69) is 0 Å². The molecule has 20 heavy (non-hydrogen) atoms. The van der Waals surface area contributed by atoms with E-state index in [0.717, 1.165) is 6.92 Å². The standard InChI is InChI=1S/C10H14F6N2O2/c1-8(17)2-3-18(7(19)20)4-5(8)6(9(11,12)13)10(14,15)16/h5-6H,2-4,17H2,1H3,(H,19,20). The zero-order chi connectivity index (χ0) is 15.9. The fourth-order valence-electron chi connectivity index (χ4n) is 2.40. The summed E-state index contributed by atoms with van der Waals surface area (Å²) in [7, 11) is 0. The number of piperidine rings is 1. The number of hydrogen-bond acceptors (Lipinski definition) is 2. The highest BCUT2D eigenvalue weighted by molar-refractivity contribution is 5.65. The van der Waals surface area contributed by atoms with Crippen molar-refractivity contribution in [1.29, 1.82) is 0 Å². The van der Waals surface area contributed by atoms with E-state index in [1.54, 1.807) is 0 Å². The second kappa shape index (κ2) is 4.97. The zero-order valence-electron chi connectivity index (χ0n) is 10.4. The maximum Gasteiger partial charge on any atom is 0.407 e. The smallest absolute Gasteiger partial charge is 0.407 e. The van der Waals surface area contributed by atoms with Crippen molar-refractivity contribution in [3.8, 4) is 0 Å². The van der Waals surface area contributed by atoms with Gasteiger partial charge in [0.25, 0.3) is 0 Å². The van der Waals surface area contributed by atoms with Gasteiger partial charge in [0.05, 0.1) is 0 Å². The molecule has 0 bridgehead atoms. The molecule has 1 fully saturated rings. The maximum atomic E-state index is 12.7. The lowest BCUT2D eigenvalue weighted by Crippen LogP contribution is -2.63. The molecule has 0 aromatic heterocycles. The molecule has 1 aliphatic heterocycles. The van der Waals surface area contributed by atoms with E-state index in [4.69, 9.17) is 10.8 Å². The number of likely N-dealkylation sites (tertiary alicyclic amines) is 1.